The average molecular weight is 302 g/mol. The Morgan fingerprint density at radius 3 is 2.76 bits per heavy atom. The molecule has 0 aliphatic carbocycles. The number of methoxy groups -OCH3 is 1. The molecule has 0 radical (unpaired) electrons. The lowest BCUT2D eigenvalue weighted by Crippen LogP contribution is -2.34. The first-order chi connectivity index (χ1) is 9.95. The van der Waals surface area contributed by atoms with Crippen LogP contribution in [0.25, 0.3) is 0 Å². The Labute approximate surface area is 118 Å². The van der Waals surface area contributed by atoms with Gasteiger partial charge in [0.2, 0.25) is 0 Å². The van der Waals surface area contributed by atoms with E-state index in [2.05, 4.69) is 10.1 Å². The molecule has 1 N–H and O–H groups in total. The predicted octanol–water partition coefficient (Wildman–Crippen LogP) is 1.86. The van der Waals surface area contributed by atoms with Crippen molar-refractivity contribution < 1.29 is 28.0 Å². The van der Waals surface area contributed by atoms with Crippen LogP contribution in [0.15, 0.2) is 6.07 Å². The number of benzene rings is 1. The molecular weight excluding hydrogens is 290 g/mol. The van der Waals surface area contributed by atoms with Gasteiger partial charge in [-0.05, 0) is 6.42 Å². The first-order valence-corrected chi connectivity index (χ1v) is 6.05. The summed E-state index contributed by atoms with van der Waals surface area (Å²) in [5, 5.41) is 13.4. The van der Waals surface area contributed by atoms with E-state index in [0.29, 0.717) is 12.7 Å². The minimum atomic E-state index is -1.35. The monoisotopic (exact) mass is 302 g/mol. The number of anilines is 1. The molecule has 1 aromatic rings. The number of rotatable bonds is 5. The summed E-state index contributed by atoms with van der Waals surface area (Å²) in [6.07, 6.45) is 0.531. The molecule has 9 heteroatoms. The van der Waals surface area contributed by atoms with Crippen molar-refractivity contribution in [3.63, 3.8) is 0 Å². The summed E-state index contributed by atoms with van der Waals surface area (Å²) < 4.78 is 37.2. The fourth-order valence-corrected chi connectivity index (χ4v) is 1.87. The van der Waals surface area contributed by atoms with Crippen LogP contribution in [-0.2, 0) is 9.47 Å². The van der Waals surface area contributed by atoms with E-state index in [1.54, 1.807) is 0 Å². The number of carbonyl (C=O) groups excluding carboxylic acids is 1. The van der Waals surface area contributed by atoms with Gasteiger partial charge >= 0.3 is 5.97 Å². The maximum Gasteiger partial charge on any atom is 0.343 e. The fourth-order valence-electron chi connectivity index (χ4n) is 1.87. The number of nitrogens with zero attached hydrogens (tertiary/aromatic N) is 1. The number of ether oxygens (including phenoxy) is 2. The molecule has 7 nitrogen and oxygen atoms in total. The van der Waals surface area contributed by atoms with Gasteiger partial charge in [-0.1, -0.05) is 0 Å². The topological polar surface area (TPSA) is 90.7 Å². The third-order valence-electron chi connectivity index (χ3n) is 3.08. The lowest BCUT2D eigenvalue weighted by Gasteiger charge is -2.26. The van der Waals surface area contributed by atoms with Gasteiger partial charge in [-0.15, -0.1) is 0 Å². The zero-order chi connectivity index (χ0) is 15.6. The Kier molecular flexibility index (Phi) is 4.32. The molecular formula is C12H12F2N2O5. The van der Waals surface area contributed by atoms with Gasteiger partial charge in [0.15, 0.2) is 11.5 Å². The minimum Gasteiger partial charge on any atom is -0.465 e. The highest BCUT2D eigenvalue weighted by Gasteiger charge is 2.30. The van der Waals surface area contributed by atoms with Gasteiger partial charge in [-0.3, -0.25) is 10.1 Å². The summed E-state index contributed by atoms with van der Waals surface area (Å²) in [4.78, 5) is 21.3. The van der Waals surface area contributed by atoms with E-state index >= 15 is 0 Å². The normalized spacial score (nSPS) is 17.0. The first kappa shape index (κ1) is 15.1. The summed E-state index contributed by atoms with van der Waals surface area (Å²) in [6, 6.07) is 0.485. The van der Waals surface area contributed by atoms with Gasteiger partial charge in [0.05, 0.1) is 24.2 Å². The van der Waals surface area contributed by atoms with Gasteiger partial charge in [-0.25, -0.2) is 13.6 Å². The summed E-state index contributed by atoms with van der Waals surface area (Å²) >= 11 is 0. The summed E-state index contributed by atoms with van der Waals surface area (Å²) in [7, 11) is 0.956. The minimum absolute atomic E-state index is 0.115. The van der Waals surface area contributed by atoms with Crippen LogP contribution < -0.4 is 5.32 Å². The van der Waals surface area contributed by atoms with Gasteiger partial charge in [-0.2, -0.15) is 0 Å². The second-order valence-corrected chi connectivity index (χ2v) is 4.35. The molecule has 0 spiro atoms. The highest BCUT2D eigenvalue weighted by Crippen LogP contribution is 2.32. The van der Waals surface area contributed by atoms with Crippen molar-refractivity contribution in [1.82, 2.24) is 0 Å². The molecule has 1 fully saturated rings. The highest BCUT2D eigenvalue weighted by molar-refractivity contribution is 5.92. The van der Waals surface area contributed by atoms with E-state index in [9.17, 15) is 23.7 Å². The number of halogens is 2. The summed E-state index contributed by atoms with van der Waals surface area (Å²) in [5.41, 5.74) is -2.32. The van der Waals surface area contributed by atoms with Crippen LogP contribution in [0.2, 0.25) is 0 Å². The zero-order valence-corrected chi connectivity index (χ0v) is 11.0. The molecule has 1 aromatic carbocycles. The molecule has 0 amide bonds. The Morgan fingerprint density at radius 2 is 2.29 bits per heavy atom. The van der Waals surface area contributed by atoms with Gasteiger partial charge in [0.1, 0.15) is 11.4 Å². The van der Waals surface area contributed by atoms with Crippen LogP contribution in [0.1, 0.15) is 16.8 Å². The number of nitro benzene ring substituents is 1. The molecule has 1 aliphatic heterocycles. The molecule has 114 valence electrons. The Balaban J connectivity index is 2.41. The zero-order valence-electron chi connectivity index (χ0n) is 11.0. The second-order valence-electron chi connectivity index (χ2n) is 4.35. The van der Waals surface area contributed by atoms with Crippen molar-refractivity contribution in [3.05, 3.63) is 33.4 Å². The van der Waals surface area contributed by atoms with Gasteiger partial charge < -0.3 is 14.8 Å². The molecule has 1 aliphatic rings. The van der Waals surface area contributed by atoms with Crippen molar-refractivity contribution in [1.29, 1.82) is 0 Å². The molecule has 21 heavy (non-hydrogen) atoms. The number of esters is 1. The Morgan fingerprint density at radius 1 is 1.62 bits per heavy atom. The molecule has 0 bridgehead atoms. The van der Waals surface area contributed by atoms with E-state index in [4.69, 9.17) is 4.74 Å². The van der Waals surface area contributed by atoms with E-state index in [-0.39, 0.29) is 12.6 Å². The van der Waals surface area contributed by atoms with E-state index < -0.39 is 39.5 Å². The van der Waals surface area contributed by atoms with Crippen molar-refractivity contribution >= 4 is 17.3 Å². The van der Waals surface area contributed by atoms with Crippen LogP contribution in [0.5, 0.6) is 0 Å². The number of hydrogen-bond acceptors (Lipinski definition) is 6. The lowest BCUT2D eigenvalue weighted by atomic mass is 10.1. The SMILES string of the molecule is COC(=O)c1c(F)cc([N+](=O)[O-])c(NC[C@@H]2CCO2)c1F. The quantitative estimate of drug-likeness (QED) is 0.507. The van der Waals surface area contributed by atoms with E-state index in [1.807, 2.05) is 0 Å². The molecule has 1 heterocycles. The maximum absolute atomic E-state index is 14.2. The third-order valence-corrected chi connectivity index (χ3v) is 3.08. The molecule has 0 aromatic heterocycles. The van der Waals surface area contributed by atoms with Crippen LogP contribution in [0, 0.1) is 21.7 Å². The summed E-state index contributed by atoms with van der Waals surface area (Å²) in [6.45, 7) is 0.678. The third kappa shape index (κ3) is 2.92. The maximum atomic E-state index is 14.2. The smallest absolute Gasteiger partial charge is 0.343 e. The standard InChI is InChI=1S/C12H12F2N2O5/c1-20-12(17)9-7(13)4-8(16(18)19)11(10(9)14)15-5-6-2-3-21-6/h4,6,15H,2-3,5H2,1H3/t6-/m0/s1. The largest absolute Gasteiger partial charge is 0.465 e. The van der Waals surface area contributed by atoms with Crippen molar-refractivity contribution in [2.24, 2.45) is 0 Å². The van der Waals surface area contributed by atoms with Gasteiger partial charge in [0, 0.05) is 13.2 Å². The number of nitrogens with one attached hydrogen (secondary N) is 1. The fraction of sp³-hybridized carbons (Fsp3) is 0.417. The predicted molar refractivity (Wildman–Crippen MR) is 67.2 cm³/mol. The molecule has 0 unspecified atom stereocenters. The Hall–Kier alpha value is -2.29. The molecule has 2 rings (SSSR count). The number of hydrogen-bond donors (Lipinski definition) is 1. The number of carbonyl (C=O) groups is 1. The second kappa shape index (κ2) is 6.00. The molecule has 0 saturated carbocycles. The molecule has 1 saturated heterocycles. The van der Waals surface area contributed by atoms with Crippen molar-refractivity contribution in [2.45, 2.75) is 12.5 Å². The van der Waals surface area contributed by atoms with Gasteiger partial charge in [0.25, 0.3) is 5.69 Å². The first-order valence-electron chi connectivity index (χ1n) is 6.05. The van der Waals surface area contributed by atoms with Crippen molar-refractivity contribution in [2.75, 3.05) is 25.6 Å². The van der Waals surface area contributed by atoms with E-state index in [1.165, 1.54) is 0 Å². The average Bonchev–Trinajstić information content (AvgIpc) is 2.38. The number of nitro groups is 1. The molecule has 1 atom stereocenters. The van der Waals surface area contributed by atoms with Crippen molar-refractivity contribution in [3.8, 4) is 0 Å². The van der Waals surface area contributed by atoms with Crippen LogP contribution in [0.3, 0.4) is 0 Å². The lowest BCUT2D eigenvalue weighted by molar-refractivity contribution is -0.384. The van der Waals surface area contributed by atoms with Crippen LogP contribution in [-0.4, -0.2) is 37.3 Å². The van der Waals surface area contributed by atoms with Crippen LogP contribution in [0.4, 0.5) is 20.2 Å². The summed E-state index contributed by atoms with van der Waals surface area (Å²) in [5.74, 6) is -3.95. The highest BCUT2D eigenvalue weighted by atomic mass is 19.1. The van der Waals surface area contributed by atoms with E-state index in [0.717, 1.165) is 13.5 Å². The Bertz CT molecular complexity index is 590. The van der Waals surface area contributed by atoms with Crippen LogP contribution >= 0.6 is 0 Å².